The molecule has 0 aromatic heterocycles. The van der Waals surface area contributed by atoms with E-state index >= 15 is 0 Å². The molecular weight excluding hydrogens is 477 g/mol. The predicted octanol–water partition coefficient (Wildman–Crippen LogP) is 11.2. The Balaban J connectivity index is 2.19. The summed E-state index contributed by atoms with van der Waals surface area (Å²) in [4.78, 5) is 0. The van der Waals surface area contributed by atoms with Gasteiger partial charge in [-0.15, -0.1) is 0 Å². The van der Waals surface area contributed by atoms with Crippen molar-refractivity contribution in [3.8, 4) is 0 Å². The van der Waals surface area contributed by atoms with Crippen LogP contribution in [0.5, 0.6) is 0 Å². The van der Waals surface area contributed by atoms with Gasteiger partial charge in [-0.3, -0.25) is 0 Å². The maximum atomic E-state index is 2.67. The van der Waals surface area contributed by atoms with Crippen LogP contribution < -0.4 is 0 Å². The first-order chi connectivity index (χ1) is 17.2. The molecule has 4 rings (SSSR count). The summed E-state index contributed by atoms with van der Waals surface area (Å²) in [6, 6.07) is 34.4. The van der Waals surface area contributed by atoms with Crippen LogP contribution in [0, 0.1) is 0 Å². The van der Waals surface area contributed by atoms with Crippen molar-refractivity contribution in [3.63, 3.8) is 0 Å². The number of hydrogen-bond donors (Lipinski definition) is 0. The summed E-state index contributed by atoms with van der Waals surface area (Å²) in [5.41, 5.74) is 8.74. The van der Waals surface area contributed by atoms with Gasteiger partial charge in [0.05, 0.1) is 16.1 Å². The average molecular weight is 525 g/mol. The fourth-order valence-corrected chi connectivity index (χ4v) is 13.1. The Labute approximate surface area is 229 Å². The lowest BCUT2D eigenvalue weighted by Crippen LogP contribution is -2.48. The monoisotopic (exact) mass is 524 g/mol. The van der Waals surface area contributed by atoms with Crippen molar-refractivity contribution in [2.24, 2.45) is 0 Å². The van der Waals surface area contributed by atoms with Crippen molar-refractivity contribution in [2.45, 2.75) is 94.8 Å². The standard InChI is InChI=1S/C35H48Si2/c1-34(2,3)36(7,8)32-29(26-20-14-11-15-21-26)30(27-22-16-12-17-23-27)33(37(9,10)35(4,5)6)31(32)28-24-18-13-19-25-28/h11-25,31-33H,1-10H3/t31?,32-,33+. The molecule has 1 aliphatic rings. The average Bonchev–Trinajstić information content (AvgIpc) is 3.22. The molecule has 0 saturated heterocycles. The fraction of sp³-hybridized carbons (Fsp3) is 0.429. The first-order valence-corrected chi connectivity index (χ1v) is 20.2. The van der Waals surface area contributed by atoms with Crippen LogP contribution in [-0.4, -0.2) is 16.1 Å². The van der Waals surface area contributed by atoms with Crippen LogP contribution in [0.25, 0.3) is 11.1 Å². The zero-order valence-corrected chi connectivity index (χ0v) is 26.9. The van der Waals surface area contributed by atoms with Crippen molar-refractivity contribution in [2.75, 3.05) is 0 Å². The van der Waals surface area contributed by atoms with Gasteiger partial charge in [-0.1, -0.05) is 159 Å². The molecule has 0 saturated carbocycles. The van der Waals surface area contributed by atoms with E-state index in [-0.39, 0.29) is 10.1 Å². The molecule has 37 heavy (non-hydrogen) atoms. The third-order valence-electron chi connectivity index (χ3n) is 10.4. The molecule has 0 radical (unpaired) electrons. The van der Waals surface area contributed by atoms with Gasteiger partial charge in [0, 0.05) is 0 Å². The third kappa shape index (κ3) is 4.88. The highest BCUT2D eigenvalue weighted by molar-refractivity contribution is 6.86. The Bertz CT molecular complexity index is 1140. The van der Waals surface area contributed by atoms with Crippen LogP contribution in [0.4, 0.5) is 0 Å². The Morgan fingerprint density at radius 3 is 1.05 bits per heavy atom. The van der Waals surface area contributed by atoms with Crippen LogP contribution in [-0.2, 0) is 0 Å². The molecule has 0 nitrogen and oxygen atoms in total. The van der Waals surface area contributed by atoms with Gasteiger partial charge in [0.1, 0.15) is 0 Å². The summed E-state index contributed by atoms with van der Waals surface area (Å²) >= 11 is 0. The Hall–Kier alpha value is -2.17. The van der Waals surface area contributed by atoms with E-state index in [1.54, 1.807) is 11.1 Å². The van der Waals surface area contributed by atoms with E-state index in [9.17, 15) is 0 Å². The van der Waals surface area contributed by atoms with Crippen molar-refractivity contribution < 1.29 is 0 Å². The van der Waals surface area contributed by atoms with Crippen molar-refractivity contribution in [1.29, 1.82) is 0 Å². The molecule has 0 fully saturated rings. The summed E-state index contributed by atoms with van der Waals surface area (Å²) in [6.45, 7) is 25.7. The fourth-order valence-electron chi connectivity index (χ4n) is 6.40. The largest absolute Gasteiger partial charge is 0.0685 e. The maximum absolute atomic E-state index is 2.67. The van der Waals surface area contributed by atoms with Crippen LogP contribution in [0.2, 0.25) is 47.3 Å². The van der Waals surface area contributed by atoms with E-state index in [2.05, 4.69) is 159 Å². The molecule has 0 heterocycles. The van der Waals surface area contributed by atoms with Crippen molar-refractivity contribution >= 4 is 27.3 Å². The summed E-state index contributed by atoms with van der Waals surface area (Å²) in [6.07, 6.45) is 0. The second-order valence-electron chi connectivity index (χ2n) is 14.4. The number of rotatable bonds is 5. The SMILES string of the molecule is CC(C)(C)[Si](C)(C)[C@@H]1C(c2ccccc2)=C(c2ccccc2)[C@H]([Si](C)(C)C(C)(C)C)C1c1ccccc1. The molecule has 0 N–H and O–H groups in total. The zero-order valence-electron chi connectivity index (χ0n) is 24.9. The molecule has 2 heteroatoms. The number of allylic oxidation sites excluding steroid dienone is 2. The molecule has 1 unspecified atom stereocenters. The highest BCUT2D eigenvalue weighted by Gasteiger charge is 2.59. The van der Waals surface area contributed by atoms with E-state index in [0.29, 0.717) is 17.0 Å². The lowest BCUT2D eigenvalue weighted by Gasteiger charge is -2.50. The molecule has 3 aromatic rings. The molecule has 0 aliphatic heterocycles. The number of benzene rings is 3. The zero-order chi connectivity index (χ0) is 27.2. The van der Waals surface area contributed by atoms with Crippen molar-refractivity contribution in [1.82, 2.24) is 0 Å². The molecular formula is C35H48Si2. The summed E-state index contributed by atoms with van der Waals surface area (Å²) < 4.78 is 0. The second-order valence-corrected chi connectivity index (χ2v) is 25.5. The molecule has 3 aromatic carbocycles. The van der Waals surface area contributed by atoms with Gasteiger partial charge in [0.15, 0.2) is 0 Å². The van der Waals surface area contributed by atoms with Gasteiger partial charge in [-0.2, -0.15) is 0 Å². The third-order valence-corrected chi connectivity index (χ3v) is 22.5. The minimum absolute atomic E-state index is 0.273. The highest BCUT2D eigenvalue weighted by atomic mass is 28.3. The van der Waals surface area contributed by atoms with Gasteiger partial charge < -0.3 is 0 Å². The van der Waals surface area contributed by atoms with Crippen LogP contribution in [0.3, 0.4) is 0 Å². The van der Waals surface area contributed by atoms with Gasteiger partial charge in [-0.25, -0.2) is 0 Å². The van der Waals surface area contributed by atoms with Crippen LogP contribution in [0.15, 0.2) is 91.0 Å². The molecule has 0 spiro atoms. The topological polar surface area (TPSA) is 0 Å². The Morgan fingerprint density at radius 1 is 0.459 bits per heavy atom. The molecule has 3 atom stereocenters. The smallest absolute Gasteiger partial charge is 0.0613 e. The van der Waals surface area contributed by atoms with E-state index in [4.69, 9.17) is 0 Å². The van der Waals surface area contributed by atoms with Gasteiger partial charge in [0.25, 0.3) is 0 Å². The van der Waals surface area contributed by atoms with Gasteiger partial charge in [-0.05, 0) is 54.9 Å². The summed E-state index contributed by atoms with van der Waals surface area (Å²) in [5, 5.41) is 0.545. The summed E-state index contributed by atoms with van der Waals surface area (Å²) in [5.74, 6) is 0.494. The number of hydrogen-bond acceptors (Lipinski definition) is 0. The normalized spacial score (nSPS) is 21.4. The first-order valence-electron chi connectivity index (χ1n) is 14.1. The predicted molar refractivity (Wildman–Crippen MR) is 171 cm³/mol. The van der Waals surface area contributed by atoms with Crippen molar-refractivity contribution in [3.05, 3.63) is 108 Å². The quantitative estimate of drug-likeness (QED) is 0.291. The summed E-state index contributed by atoms with van der Waals surface area (Å²) in [7, 11) is -3.71. The highest BCUT2D eigenvalue weighted by Crippen LogP contribution is 2.71. The minimum Gasteiger partial charge on any atom is -0.0685 e. The molecule has 0 amide bonds. The first kappa shape index (κ1) is 27.9. The minimum atomic E-state index is -1.85. The molecule has 0 bridgehead atoms. The van der Waals surface area contributed by atoms with Crippen LogP contribution in [0.1, 0.15) is 64.2 Å². The van der Waals surface area contributed by atoms with E-state index in [1.807, 2.05) is 0 Å². The Morgan fingerprint density at radius 2 is 0.757 bits per heavy atom. The Kier molecular flexibility index (Phi) is 7.42. The van der Waals surface area contributed by atoms with Gasteiger partial charge in [0.2, 0.25) is 0 Å². The maximum Gasteiger partial charge on any atom is 0.0613 e. The van der Waals surface area contributed by atoms with E-state index < -0.39 is 16.1 Å². The van der Waals surface area contributed by atoms with Crippen LogP contribution >= 0.6 is 0 Å². The van der Waals surface area contributed by atoms with E-state index in [0.717, 1.165) is 0 Å². The molecule has 1 aliphatic carbocycles. The van der Waals surface area contributed by atoms with Gasteiger partial charge >= 0.3 is 0 Å². The lowest BCUT2D eigenvalue weighted by atomic mass is 9.92. The second kappa shape index (κ2) is 9.86. The lowest BCUT2D eigenvalue weighted by molar-refractivity contribution is 0.630. The van der Waals surface area contributed by atoms with E-state index in [1.165, 1.54) is 16.7 Å². The molecule has 196 valence electrons.